The molecule has 30 nitrogen and oxygen atoms in total. The van der Waals surface area contributed by atoms with Gasteiger partial charge in [0.2, 0.25) is 32.6 Å². The molecule has 0 saturated carbocycles. The standard InChI is InChI=1S/C34H55FN5O6P.C17H21FN5O5P.C16H19ClN5O4P/c1-2-3-4-5-6-7-8-9-10-11-12-13-14-15-21-43-22-17-23-45-47(42,46-26-29-18-16-19-30(35)25-29)28-44-24-20-40-27-37-31-32(40)38-34(36)39-33(31)41;1-26-13-4-3-11(7-12(13)18)8-28-29(2,25)10-27-6-5-23-9-20-14-15(23)21-17(19)22-16(14)24;1-27(24,26-8-11-3-2-4-12(17)7-11)10-25-6-5-22-9-19-13-14(22)20-16(18)21-15(13)23/h16,18-19,25,27H,2-15,17,20-24,26,28H2,1H3,(H3,36,38,39,41);3-4,7,9H,5-6,8,10H2,1-2H3,(H3,19,21,22,24);2-4,7,9H,5-6,8,10H2,1H3,(H3,18,20,21,23). The quantitative estimate of drug-likeness (QED) is 0.0152. The van der Waals surface area contributed by atoms with Crippen LogP contribution in [0.15, 0.2) is 100 Å². The van der Waals surface area contributed by atoms with Gasteiger partial charge in [0, 0.05) is 51.2 Å². The van der Waals surface area contributed by atoms with E-state index in [0.717, 1.165) is 12.0 Å². The van der Waals surface area contributed by atoms with Crippen LogP contribution in [0.3, 0.4) is 0 Å². The summed E-state index contributed by atoms with van der Waals surface area (Å²) in [6.45, 7) is 8.22. The average molecular weight is 1520 g/mol. The summed E-state index contributed by atoms with van der Waals surface area (Å²) in [6, 6.07) is 17.4. The topological polar surface area (TPSA) is 403 Å². The van der Waals surface area contributed by atoms with Gasteiger partial charge < -0.3 is 72.7 Å². The Labute approximate surface area is 600 Å². The number of fused-ring (bicyclic) bond motifs is 3. The molecule has 0 bridgehead atoms. The Bertz CT molecular complexity index is 4430. The third-order valence-electron chi connectivity index (χ3n) is 15.6. The number of hydrogen-bond acceptors (Lipinski definition) is 24. The first-order chi connectivity index (χ1) is 49.5. The first-order valence-corrected chi connectivity index (χ1v) is 40.7. The van der Waals surface area contributed by atoms with Gasteiger partial charge >= 0.3 is 7.60 Å². The van der Waals surface area contributed by atoms with Crippen LogP contribution in [0.2, 0.25) is 5.02 Å². The summed E-state index contributed by atoms with van der Waals surface area (Å²) in [7, 11) is -8.28. The number of benzene rings is 3. The number of aromatic amines is 3. The van der Waals surface area contributed by atoms with Crippen LogP contribution in [-0.2, 0) is 90.2 Å². The molecule has 36 heteroatoms. The number of nitrogens with two attached hydrogens (primary N) is 3. The van der Waals surface area contributed by atoms with Crippen LogP contribution < -0.4 is 38.6 Å². The summed E-state index contributed by atoms with van der Waals surface area (Å²) in [5.41, 5.74) is 19.0. The highest BCUT2D eigenvalue weighted by Crippen LogP contribution is 2.49. The molecule has 9 rings (SSSR count). The van der Waals surface area contributed by atoms with Crippen LogP contribution in [0.4, 0.5) is 26.6 Å². The van der Waals surface area contributed by atoms with Gasteiger partial charge in [0.15, 0.2) is 45.1 Å². The highest BCUT2D eigenvalue weighted by Gasteiger charge is 2.26. The number of anilines is 3. The zero-order chi connectivity index (χ0) is 74.0. The van der Waals surface area contributed by atoms with Gasteiger partial charge in [0.05, 0.1) is 72.3 Å². The second kappa shape index (κ2) is 43.0. The van der Waals surface area contributed by atoms with E-state index in [4.69, 9.17) is 70.6 Å². The van der Waals surface area contributed by atoms with Gasteiger partial charge in [0.25, 0.3) is 16.7 Å². The molecule has 3 aromatic carbocycles. The molecule has 6 heterocycles. The smallest absolute Gasteiger partial charge is 0.356 e. The fraction of sp³-hybridized carbons (Fsp3) is 0.507. The molecule has 0 aliphatic rings. The van der Waals surface area contributed by atoms with Crippen LogP contribution in [0.5, 0.6) is 5.75 Å². The van der Waals surface area contributed by atoms with Gasteiger partial charge in [-0.25, -0.2) is 23.7 Å². The fourth-order valence-corrected chi connectivity index (χ4v) is 13.7. The second-order valence-corrected chi connectivity index (χ2v) is 31.9. The molecule has 564 valence electrons. The third kappa shape index (κ3) is 29.1. The zero-order valence-corrected chi connectivity index (χ0v) is 62.1. The molecule has 3 atom stereocenters. The lowest BCUT2D eigenvalue weighted by Gasteiger charge is -2.19. The molecule has 0 spiro atoms. The first-order valence-electron chi connectivity index (χ1n) is 34.1. The summed E-state index contributed by atoms with van der Waals surface area (Å²) >= 11 is 5.92. The molecule has 0 radical (unpaired) electrons. The van der Waals surface area contributed by atoms with Gasteiger partial charge in [-0.2, -0.15) is 15.0 Å². The van der Waals surface area contributed by atoms with Crippen molar-refractivity contribution in [3.8, 4) is 5.75 Å². The highest BCUT2D eigenvalue weighted by molar-refractivity contribution is 7.58. The van der Waals surface area contributed by atoms with Crippen molar-refractivity contribution in [3.63, 3.8) is 0 Å². The maximum absolute atomic E-state index is 13.7. The molecule has 0 aliphatic carbocycles. The van der Waals surface area contributed by atoms with Gasteiger partial charge in [-0.15, -0.1) is 0 Å². The normalized spacial score (nSPS) is 13.3. The van der Waals surface area contributed by atoms with Crippen molar-refractivity contribution in [2.75, 3.05) is 96.3 Å². The number of aromatic nitrogens is 12. The lowest BCUT2D eigenvalue weighted by atomic mass is 10.0. The van der Waals surface area contributed by atoms with Crippen molar-refractivity contribution in [3.05, 3.63) is 150 Å². The van der Waals surface area contributed by atoms with E-state index in [1.807, 2.05) is 6.07 Å². The third-order valence-corrected chi connectivity index (χ3v) is 20.1. The Morgan fingerprint density at radius 1 is 0.476 bits per heavy atom. The fourth-order valence-electron chi connectivity index (χ4n) is 10.2. The number of hydrogen-bond donors (Lipinski definition) is 6. The summed E-state index contributed by atoms with van der Waals surface area (Å²) in [4.78, 5) is 67.0. The van der Waals surface area contributed by atoms with Gasteiger partial charge in [-0.05, 0) is 65.9 Å². The van der Waals surface area contributed by atoms with Crippen LogP contribution >= 0.6 is 33.9 Å². The predicted octanol–water partition coefficient (Wildman–Crippen LogP) is 12.5. The number of rotatable bonds is 45. The molecule has 0 fully saturated rings. The Balaban J connectivity index is 0.000000228. The van der Waals surface area contributed by atoms with E-state index in [2.05, 4.69) is 51.8 Å². The number of nitrogens with zero attached hydrogens (tertiary/aromatic N) is 9. The minimum Gasteiger partial charge on any atom is -0.494 e. The number of H-pyrrole nitrogens is 3. The molecule has 0 amide bonds. The summed E-state index contributed by atoms with van der Waals surface area (Å²) in [5.74, 6) is -0.806. The number of nitrogen functional groups attached to an aromatic ring is 3. The highest BCUT2D eigenvalue weighted by atomic mass is 35.5. The minimum absolute atomic E-state index is 0.00778. The maximum Gasteiger partial charge on any atom is 0.356 e. The van der Waals surface area contributed by atoms with Crippen molar-refractivity contribution < 1.29 is 64.3 Å². The Kier molecular flexibility index (Phi) is 34.5. The summed E-state index contributed by atoms with van der Waals surface area (Å²) in [6.07, 6.45) is 23.0. The maximum atomic E-state index is 13.7. The molecule has 9 aromatic rings. The SMILES string of the molecule is CCCCCCCCCCCCCCCCOCCCOP(=O)(COCCn1cnc2c(=O)[nH]c(N)nc21)OCc1cccc(F)c1.COc1ccc(COP(C)(=O)COCCn2cnc3c(=O)[nH]c(N)nc32)cc1F.CP(=O)(COCCn1cnc2c(=O)[nH]c(N)nc21)OCc1cccc(Cl)c1. The van der Waals surface area contributed by atoms with E-state index in [0.29, 0.717) is 65.8 Å². The van der Waals surface area contributed by atoms with E-state index in [-0.39, 0.29) is 112 Å². The Hall–Kier alpha value is -7.57. The molecule has 0 aliphatic heterocycles. The minimum atomic E-state index is -3.68. The predicted molar refractivity (Wildman–Crippen MR) is 392 cm³/mol. The summed E-state index contributed by atoms with van der Waals surface area (Å²) < 4.78 is 120. The van der Waals surface area contributed by atoms with Crippen molar-refractivity contribution in [1.29, 1.82) is 0 Å². The molecule has 9 N–H and O–H groups in total. The molecular weight excluding hydrogens is 1420 g/mol. The Morgan fingerprint density at radius 2 is 0.893 bits per heavy atom. The summed E-state index contributed by atoms with van der Waals surface area (Å²) in [5, 5.41) is 0.596. The van der Waals surface area contributed by atoms with Crippen LogP contribution in [0.1, 0.15) is 120 Å². The molecule has 103 heavy (non-hydrogen) atoms. The van der Waals surface area contributed by atoms with E-state index >= 15 is 0 Å². The van der Waals surface area contributed by atoms with Gasteiger partial charge in [0.1, 0.15) is 24.9 Å². The van der Waals surface area contributed by atoms with Crippen LogP contribution in [-0.4, -0.2) is 138 Å². The van der Waals surface area contributed by atoms with E-state index < -0.39 is 50.6 Å². The number of imidazole rings is 3. The molecule has 3 unspecified atom stereocenters. The molecular formula is C67H95ClF2N15O15P3. The van der Waals surface area contributed by atoms with Crippen molar-refractivity contribution >= 4 is 85.3 Å². The van der Waals surface area contributed by atoms with Crippen molar-refractivity contribution in [1.82, 2.24) is 58.6 Å². The number of halogens is 3. The van der Waals surface area contributed by atoms with Gasteiger partial charge in [-0.3, -0.25) is 43.0 Å². The molecule has 0 saturated heterocycles. The lowest BCUT2D eigenvalue weighted by Crippen LogP contribution is -2.13. The number of unbranched alkanes of at least 4 members (excludes halogenated alkanes) is 13. The Morgan fingerprint density at radius 3 is 1.34 bits per heavy atom. The van der Waals surface area contributed by atoms with Gasteiger partial charge in [-0.1, -0.05) is 132 Å². The first kappa shape index (κ1) is 82.7. The monoisotopic (exact) mass is 1520 g/mol. The van der Waals surface area contributed by atoms with Crippen LogP contribution in [0.25, 0.3) is 33.5 Å². The second-order valence-electron chi connectivity index (χ2n) is 24.4. The zero-order valence-electron chi connectivity index (χ0n) is 58.7. The number of nitrogens with one attached hydrogen (secondary N) is 3. The number of methoxy groups -OCH3 is 1. The lowest BCUT2D eigenvalue weighted by molar-refractivity contribution is 0.0979. The number of ether oxygens (including phenoxy) is 5. The van der Waals surface area contributed by atoms with Crippen molar-refractivity contribution in [2.45, 2.75) is 143 Å². The van der Waals surface area contributed by atoms with E-state index in [1.165, 1.54) is 147 Å². The largest absolute Gasteiger partial charge is 0.494 e. The van der Waals surface area contributed by atoms with Crippen molar-refractivity contribution in [2.24, 2.45) is 0 Å². The average Bonchev–Trinajstić information content (AvgIpc) is 1.69. The van der Waals surface area contributed by atoms with E-state index in [1.54, 1.807) is 50.1 Å². The van der Waals surface area contributed by atoms with Crippen LogP contribution in [0, 0.1) is 11.6 Å². The molecule has 6 aromatic heterocycles. The van der Waals surface area contributed by atoms with E-state index in [9.17, 15) is 36.9 Å².